The summed E-state index contributed by atoms with van der Waals surface area (Å²) in [6, 6.07) is 15.0. The number of aromatic carboxylic acids is 1. The first-order valence-electron chi connectivity index (χ1n) is 11.0. The van der Waals surface area contributed by atoms with E-state index < -0.39 is 24.0 Å². The zero-order valence-corrected chi connectivity index (χ0v) is 19.0. The van der Waals surface area contributed by atoms with E-state index in [1.165, 1.54) is 7.11 Å². The number of carboxylic acid groups (broad SMARTS) is 1. The molecule has 0 bridgehead atoms. The van der Waals surface area contributed by atoms with Crippen LogP contribution in [0.2, 0.25) is 0 Å². The number of carbonyl (C=O) groups is 3. The van der Waals surface area contributed by atoms with E-state index in [2.05, 4.69) is 15.6 Å². The van der Waals surface area contributed by atoms with Gasteiger partial charge in [-0.2, -0.15) is 0 Å². The van der Waals surface area contributed by atoms with Crippen LogP contribution in [0.4, 0.5) is 4.79 Å². The Balaban J connectivity index is 1.38. The third kappa shape index (κ3) is 5.33. The van der Waals surface area contributed by atoms with E-state index in [1.54, 1.807) is 0 Å². The maximum atomic E-state index is 12.7. The smallest absolute Gasteiger partial charge is 0.407 e. The number of aromatic nitrogens is 1. The first kappa shape index (κ1) is 24.0. The molecule has 4 rings (SSSR count). The van der Waals surface area contributed by atoms with Gasteiger partial charge in [-0.25, -0.2) is 14.6 Å². The van der Waals surface area contributed by atoms with Gasteiger partial charge in [0.1, 0.15) is 12.6 Å². The maximum Gasteiger partial charge on any atom is 0.407 e. The molecule has 0 saturated carbocycles. The van der Waals surface area contributed by atoms with Crippen LogP contribution < -0.4 is 10.6 Å². The van der Waals surface area contributed by atoms with Gasteiger partial charge in [0.2, 0.25) is 5.91 Å². The highest BCUT2D eigenvalue weighted by Crippen LogP contribution is 2.44. The molecule has 2 amide bonds. The van der Waals surface area contributed by atoms with Crippen molar-refractivity contribution in [2.24, 2.45) is 0 Å². The maximum absolute atomic E-state index is 12.7. The van der Waals surface area contributed by atoms with Crippen molar-refractivity contribution in [1.29, 1.82) is 0 Å². The molecule has 10 heteroatoms. The molecule has 0 radical (unpaired) electrons. The number of oxazole rings is 1. The second kappa shape index (κ2) is 10.8. The number of fused-ring (bicyclic) bond motifs is 3. The zero-order valence-electron chi connectivity index (χ0n) is 19.0. The lowest BCUT2D eigenvalue weighted by molar-refractivity contribution is -0.123. The van der Waals surface area contributed by atoms with Gasteiger partial charge in [-0.3, -0.25) is 4.79 Å². The third-order valence-corrected chi connectivity index (χ3v) is 5.83. The normalized spacial score (nSPS) is 12.9. The second-order valence-corrected chi connectivity index (χ2v) is 7.95. The standard InChI is InChI=1S/C25H25N3O7/c1-33-11-10-20(23(29)26-12-21-22(24(30)31)27-14-35-21)28-25(32)34-13-19-17-8-4-2-6-15(17)16-7-3-5-9-18(16)19/h2-9,14,19-20H,10-13H2,1H3,(H,26,29)(H,28,32)(H,30,31). The van der Waals surface area contributed by atoms with Gasteiger partial charge in [0.15, 0.2) is 17.8 Å². The molecule has 2 aromatic carbocycles. The van der Waals surface area contributed by atoms with Crippen LogP contribution in [0.25, 0.3) is 11.1 Å². The van der Waals surface area contributed by atoms with Crippen LogP contribution in [-0.2, 0) is 20.8 Å². The summed E-state index contributed by atoms with van der Waals surface area (Å²) in [4.78, 5) is 40.1. The van der Waals surface area contributed by atoms with Gasteiger partial charge in [-0.05, 0) is 22.3 Å². The van der Waals surface area contributed by atoms with Gasteiger partial charge in [0.25, 0.3) is 0 Å². The fourth-order valence-electron chi connectivity index (χ4n) is 4.15. The van der Waals surface area contributed by atoms with E-state index in [-0.39, 0.29) is 43.6 Å². The van der Waals surface area contributed by atoms with Crippen LogP contribution in [0.5, 0.6) is 0 Å². The van der Waals surface area contributed by atoms with E-state index in [4.69, 9.17) is 19.0 Å². The van der Waals surface area contributed by atoms with Crippen molar-refractivity contribution >= 4 is 18.0 Å². The lowest BCUT2D eigenvalue weighted by atomic mass is 9.98. The number of nitrogens with one attached hydrogen (secondary N) is 2. The van der Waals surface area contributed by atoms with Crippen LogP contribution in [0.1, 0.15) is 39.7 Å². The predicted molar refractivity (Wildman–Crippen MR) is 124 cm³/mol. The molecule has 1 atom stereocenters. The lowest BCUT2D eigenvalue weighted by Crippen LogP contribution is -2.47. The predicted octanol–water partition coefficient (Wildman–Crippen LogP) is 2.93. The average Bonchev–Trinajstić information content (AvgIpc) is 3.47. The molecule has 10 nitrogen and oxygen atoms in total. The van der Waals surface area contributed by atoms with E-state index in [9.17, 15) is 14.4 Å². The van der Waals surface area contributed by atoms with Crippen molar-refractivity contribution in [3.63, 3.8) is 0 Å². The Morgan fingerprint density at radius 2 is 1.74 bits per heavy atom. The Morgan fingerprint density at radius 1 is 1.09 bits per heavy atom. The Hall–Kier alpha value is -4.18. The third-order valence-electron chi connectivity index (χ3n) is 5.83. The van der Waals surface area contributed by atoms with E-state index in [1.807, 2.05) is 48.5 Å². The van der Waals surface area contributed by atoms with E-state index in [0.29, 0.717) is 0 Å². The lowest BCUT2D eigenvalue weighted by Gasteiger charge is -2.19. The summed E-state index contributed by atoms with van der Waals surface area (Å²) in [5, 5.41) is 14.2. The van der Waals surface area contributed by atoms with Crippen molar-refractivity contribution in [3.8, 4) is 11.1 Å². The van der Waals surface area contributed by atoms with Crippen molar-refractivity contribution in [3.05, 3.63) is 77.5 Å². The van der Waals surface area contributed by atoms with Gasteiger partial charge in [-0.1, -0.05) is 48.5 Å². The number of hydrogen-bond acceptors (Lipinski definition) is 7. The minimum absolute atomic E-state index is 0.00233. The second-order valence-electron chi connectivity index (χ2n) is 7.95. The highest BCUT2D eigenvalue weighted by molar-refractivity contribution is 5.87. The van der Waals surface area contributed by atoms with Crippen LogP contribution in [-0.4, -0.2) is 54.4 Å². The zero-order chi connectivity index (χ0) is 24.8. The number of hydrogen-bond donors (Lipinski definition) is 3. The number of ether oxygens (including phenoxy) is 2. The molecule has 35 heavy (non-hydrogen) atoms. The molecule has 1 heterocycles. The van der Waals surface area contributed by atoms with E-state index >= 15 is 0 Å². The van der Waals surface area contributed by atoms with Gasteiger partial charge < -0.3 is 29.6 Å². The van der Waals surface area contributed by atoms with Crippen LogP contribution >= 0.6 is 0 Å². The fourth-order valence-corrected chi connectivity index (χ4v) is 4.15. The Labute approximate surface area is 201 Å². The fraction of sp³-hybridized carbons (Fsp3) is 0.280. The molecule has 1 aliphatic rings. The highest BCUT2D eigenvalue weighted by atomic mass is 16.5. The first-order chi connectivity index (χ1) is 17.0. The molecular formula is C25H25N3O7. The summed E-state index contributed by atoms with van der Waals surface area (Å²) in [7, 11) is 1.48. The number of carboxylic acids is 1. The van der Waals surface area contributed by atoms with Crippen molar-refractivity contribution in [2.75, 3.05) is 20.3 Å². The largest absolute Gasteiger partial charge is 0.476 e. The molecule has 3 aromatic rings. The molecule has 0 spiro atoms. The number of alkyl carbamates (subject to hydrolysis) is 1. The number of nitrogens with zero attached hydrogens (tertiary/aromatic N) is 1. The Morgan fingerprint density at radius 3 is 2.37 bits per heavy atom. The number of benzene rings is 2. The number of carbonyl (C=O) groups excluding carboxylic acids is 2. The summed E-state index contributed by atoms with van der Waals surface area (Å²) < 4.78 is 15.6. The monoisotopic (exact) mass is 479 g/mol. The molecule has 182 valence electrons. The molecule has 0 saturated heterocycles. The summed E-state index contributed by atoms with van der Waals surface area (Å²) in [6.45, 7) is 0.124. The topological polar surface area (TPSA) is 140 Å². The molecule has 0 fully saturated rings. The summed E-state index contributed by atoms with van der Waals surface area (Å²) in [6.07, 6.45) is 0.436. The number of methoxy groups -OCH3 is 1. The van der Waals surface area contributed by atoms with E-state index in [0.717, 1.165) is 28.6 Å². The molecular weight excluding hydrogens is 454 g/mol. The highest BCUT2D eigenvalue weighted by Gasteiger charge is 2.30. The van der Waals surface area contributed by atoms with Gasteiger partial charge in [0.05, 0.1) is 6.54 Å². The Bertz CT molecular complexity index is 1180. The van der Waals surface area contributed by atoms with Gasteiger partial charge >= 0.3 is 12.1 Å². The number of amides is 2. The molecule has 1 unspecified atom stereocenters. The minimum Gasteiger partial charge on any atom is -0.476 e. The SMILES string of the molecule is COCCC(NC(=O)OCC1c2ccccc2-c2ccccc21)C(=O)NCc1ocnc1C(=O)O. The average molecular weight is 479 g/mol. The summed E-state index contributed by atoms with van der Waals surface area (Å²) in [5.41, 5.74) is 4.10. The molecule has 0 aliphatic heterocycles. The van der Waals surface area contributed by atoms with Gasteiger partial charge in [-0.15, -0.1) is 0 Å². The quantitative estimate of drug-likeness (QED) is 0.403. The summed E-state index contributed by atoms with van der Waals surface area (Å²) in [5.74, 6) is -1.92. The molecule has 1 aromatic heterocycles. The minimum atomic E-state index is -1.27. The Kier molecular flexibility index (Phi) is 7.41. The van der Waals surface area contributed by atoms with Crippen molar-refractivity contribution in [2.45, 2.75) is 24.9 Å². The van der Waals surface area contributed by atoms with Crippen LogP contribution in [0.3, 0.4) is 0 Å². The van der Waals surface area contributed by atoms with Crippen LogP contribution in [0, 0.1) is 0 Å². The molecule has 3 N–H and O–H groups in total. The summed E-state index contributed by atoms with van der Waals surface area (Å²) >= 11 is 0. The van der Waals surface area contributed by atoms with Crippen molar-refractivity contribution in [1.82, 2.24) is 15.6 Å². The molecule has 1 aliphatic carbocycles. The van der Waals surface area contributed by atoms with Gasteiger partial charge in [0, 0.05) is 26.1 Å². The van der Waals surface area contributed by atoms with Crippen LogP contribution in [0.15, 0.2) is 59.3 Å². The number of rotatable bonds is 10. The first-order valence-corrected chi connectivity index (χ1v) is 11.0. The van der Waals surface area contributed by atoms with Crippen molar-refractivity contribution < 1.29 is 33.4 Å².